The first-order valence-electron chi connectivity index (χ1n) is 10.3. The topological polar surface area (TPSA) is 90.9 Å². The maximum atomic E-state index is 12.4. The summed E-state index contributed by atoms with van der Waals surface area (Å²) < 4.78 is 16.1. The minimum atomic E-state index is -0.741. The zero-order valence-electron chi connectivity index (χ0n) is 18.2. The predicted molar refractivity (Wildman–Crippen MR) is 116 cm³/mol. The minimum absolute atomic E-state index is 0.0619. The fourth-order valence-electron chi connectivity index (χ4n) is 2.97. The summed E-state index contributed by atoms with van der Waals surface area (Å²) in [6.07, 6.45) is 1.00. The van der Waals surface area contributed by atoms with E-state index in [1.807, 2.05) is 30.3 Å². The molecule has 0 fully saturated rings. The van der Waals surface area contributed by atoms with Crippen molar-refractivity contribution in [3.63, 3.8) is 0 Å². The Kier molecular flexibility index (Phi) is 9.55. The molecule has 0 spiro atoms. The van der Waals surface area contributed by atoms with Crippen molar-refractivity contribution in [2.75, 3.05) is 20.3 Å². The second kappa shape index (κ2) is 12.4. The third-order valence-corrected chi connectivity index (χ3v) is 4.56. The number of esters is 1. The Morgan fingerprint density at radius 1 is 1.03 bits per heavy atom. The second-order valence-corrected chi connectivity index (χ2v) is 6.94. The van der Waals surface area contributed by atoms with Crippen molar-refractivity contribution in [1.82, 2.24) is 5.32 Å². The third kappa shape index (κ3) is 7.77. The van der Waals surface area contributed by atoms with Gasteiger partial charge in [-0.25, -0.2) is 4.79 Å². The van der Waals surface area contributed by atoms with E-state index in [1.54, 1.807) is 25.1 Å². The molecule has 166 valence electrons. The molecule has 0 saturated carbocycles. The molecule has 0 saturated heterocycles. The van der Waals surface area contributed by atoms with Crippen molar-refractivity contribution < 1.29 is 28.6 Å². The van der Waals surface area contributed by atoms with E-state index in [2.05, 4.69) is 5.32 Å². The molecular formula is C24H29NO6. The maximum Gasteiger partial charge on any atom is 0.328 e. The van der Waals surface area contributed by atoms with Crippen LogP contribution in [0, 0.1) is 0 Å². The molecule has 7 heteroatoms. The standard InChI is InChI=1S/C24H29NO6/c1-4-30-24(28)20(15-18-9-6-5-7-10-18)25-23(27)11-8-14-31-21-13-12-19(17(2)26)16-22(21)29-3/h5-7,9-10,12-13,16,20H,4,8,11,14-15H2,1-3H3,(H,25,27). The van der Waals surface area contributed by atoms with Crippen LogP contribution in [0.2, 0.25) is 0 Å². The number of amides is 1. The molecular weight excluding hydrogens is 398 g/mol. The van der Waals surface area contributed by atoms with E-state index in [-0.39, 0.29) is 31.3 Å². The summed E-state index contributed by atoms with van der Waals surface area (Å²) in [6.45, 7) is 3.74. The van der Waals surface area contributed by atoms with Gasteiger partial charge in [-0.1, -0.05) is 30.3 Å². The number of hydrogen-bond donors (Lipinski definition) is 1. The molecule has 1 unspecified atom stereocenters. The number of hydrogen-bond acceptors (Lipinski definition) is 6. The van der Waals surface area contributed by atoms with Gasteiger partial charge in [0.05, 0.1) is 20.3 Å². The first kappa shape index (κ1) is 23.9. The van der Waals surface area contributed by atoms with Crippen molar-refractivity contribution in [1.29, 1.82) is 0 Å². The first-order valence-corrected chi connectivity index (χ1v) is 10.3. The Hall–Kier alpha value is -3.35. The SMILES string of the molecule is CCOC(=O)C(Cc1ccccc1)NC(=O)CCCOc1ccc(C(C)=O)cc1OC. The lowest BCUT2D eigenvalue weighted by molar-refractivity contribution is -0.147. The molecule has 0 aliphatic carbocycles. The molecule has 0 aliphatic heterocycles. The molecule has 2 aromatic rings. The molecule has 31 heavy (non-hydrogen) atoms. The van der Waals surface area contributed by atoms with Crippen LogP contribution in [0.4, 0.5) is 0 Å². The van der Waals surface area contributed by atoms with E-state index < -0.39 is 12.0 Å². The number of nitrogens with one attached hydrogen (secondary N) is 1. The molecule has 0 radical (unpaired) electrons. The number of carbonyl (C=O) groups excluding carboxylic acids is 3. The van der Waals surface area contributed by atoms with Crippen LogP contribution in [-0.4, -0.2) is 44.0 Å². The second-order valence-electron chi connectivity index (χ2n) is 6.94. The summed E-state index contributed by atoms with van der Waals surface area (Å²) in [6, 6.07) is 13.7. The smallest absolute Gasteiger partial charge is 0.328 e. The van der Waals surface area contributed by atoms with Gasteiger partial charge >= 0.3 is 5.97 Å². The number of ketones is 1. The summed E-state index contributed by atoms with van der Waals surface area (Å²) >= 11 is 0. The lowest BCUT2D eigenvalue weighted by Gasteiger charge is -2.17. The third-order valence-electron chi connectivity index (χ3n) is 4.56. The van der Waals surface area contributed by atoms with Crippen molar-refractivity contribution in [2.24, 2.45) is 0 Å². The molecule has 0 bridgehead atoms. The van der Waals surface area contributed by atoms with E-state index in [1.165, 1.54) is 14.0 Å². The van der Waals surface area contributed by atoms with Crippen LogP contribution in [0.1, 0.15) is 42.6 Å². The van der Waals surface area contributed by atoms with E-state index >= 15 is 0 Å². The molecule has 2 rings (SSSR count). The van der Waals surface area contributed by atoms with Gasteiger partial charge in [0.2, 0.25) is 5.91 Å². The quantitative estimate of drug-likeness (QED) is 0.317. The van der Waals surface area contributed by atoms with Crippen molar-refractivity contribution in [3.05, 3.63) is 59.7 Å². The fourth-order valence-corrected chi connectivity index (χ4v) is 2.97. The van der Waals surface area contributed by atoms with Crippen LogP contribution < -0.4 is 14.8 Å². The highest BCUT2D eigenvalue weighted by atomic mass is 16.5. The Morgan fingerprint density at radius 2 is 1.77 bits per heavy atom. The Bertz CT molecular complexity index is 881. The van der Waals surface area contributed by atoms with E-state index in [0.29, 0.717) is 29.9 Å². The molecule has 0 aromatic heterocycles. The van der Waals surface area contributed by atoms with Crippen molar-refractivity contribution in [2.45, 2.75) is 39.2 Å². The average molecular weight is 427 g/mol. The van der Waals surface area contributed by atoms with Gasteiger partial charge in [0.25, 0.3) is 0 Å². The first-order chi connectivity index (χ1) is 14.9. The van der Waals surface area contributed by atoms with Gasteiger partial charge in [-0.05, 0) is 44.0 Å². The van der Waals surface area contributed by atoms with Crippen molar-refractivity contribution >= 4 is 17.7 Å². The minimum Gasteiger partial charge on any atom is -0.493 e. The van der Waals surface area contributed by atoms with Gasteiger partial charge in [-0.2, -0.15) is 0 Å². The zero-order chi connectivity index (χ0) is 22.6. The summed E-state index contributed by atoms with van der Waals surface area (Å²) in [5.41, 5.74) is 1.47. The average Bonchev–Trinajstić information content (AvgIpc) is 2.77. The van der Waals surface area contributed by atoms with Gasteiger partial charge in [0.15, 0.2) is 17.3 Å². The van der Waals surface area contributed by atoms with Crippen LogP contribution >= 0.6 is 0 Å². The van der Waals surface area contributed by atoms with E-state index in [9.17, 15) is 14.4 Å². The van der Waals surface area contributed by atoms with Crippen LogP contribution in [0.25, 0.3) is 0 Å². The highest BCUT2D eigenvalue weighted by molar-refractivity contribution is 5.94. The van der Waals surface area contributed by atoms with Gasteiger partial charge in [0.1, 0.15) is 6.04 Å². The monoisotopic (exact) mass is 427 g/mol. The molecule has 1 N–H and O–H groups in total. The Morgan fingerprint density at radius 3 is 2.42 bits per heavy atom. The summed E-state index contributed by atoms with van der Waals surface area (Å²) in [5, 5.41) is 2.76. The molecule has 7 nitrogen and oxygen atoms in total. The highest BCUT2D eigenvalue weighted by Crippen LogP contribution is 2.28. The van der Waals surface area contributed by atoms with Crippen molar-refractivity contribution in [3.8, 4) is 11.5 Å². The maximum absolute atomic E-state index is 12.4. The summed E-state index contributed by atoms with van der Waals surface area (Å²) in [5.74, 6) is 0.194. The van der Waals surface area contributed by atoms with Crippen LogP contribution in [0.15, 0.2) is 48.5 Å². The molecule has 0 aliphatic rings. The summed E-state index contributed by atoms with van der Waals surface area (Å²) in [7, 11) is 1.50. The van der Waals surface area contributed by atoms with Gasteiger partial charge in [-0.3, -0.25) is 9.59 Å². The lowest BCUT2D eigenvalue weighted by Crippen LogP contribution is -2.43. The van der Waals surface area contributed by atoms with Gasteiger partial charge in [-0.15, -0.1) is 0 Å². The van der Waals surface area contributed by atoms with Crippen LogP contribution in [-0.2, 0) is 20.7 Å². The predicted octanol–water partition coefficient (Wildman–Crippen LogP) is 3.35. The fraction of sp³-hybridized carbons (Fsp3) is 0.375. The zero-order valence-corrected chi connectivity index (χ0v) is 18.2. The van der Waals surface area contributed by atoms with Gasteiger partial charge in [0, 0.05) is 18.4 Å². The number of carbonyl (C=O) groups is 3. The van der Waals surface area contributed by atoms with Crippen LogP contribution in [0.5, 0.6) is 11.5 Å². The number of ether oxygens (including phenoxy) is 3. The Labute approximate surface area is 182 Å². The Balaban J connectivity index is 1.86. The van der Waals surface area contributed by atoms with Gasteiger partial charge < -0.3 is 19.5 Å². The van der Waals surface area contributed by atoms with Crippen LogP contribution in [0.3, 0.4) is 0 Å². The number of Topliss-reactive ketones (excluding diaryl/α,β-unsaturated/α-hetero) is 1. The number of rotatable bonds is 12. The number of methoxy groups -OCH3 is 1. The largest absolute Gasteiger partial charge is 0.493 e. The normalized spacial score (nSPS) is 11.3. The molecule has 0 heterocycles. The molecule has 1 amide bonds. The molecule has 2 aromatic carbocycles. The van der Waals surface area contributed by atoms with E-state index in [0.717, 1.165) is 5.56 Å². The molecule has 1 atom stereocenters. The van der Waals surface area contributed by atoms with E-state index in [4.69, 9.17) is 14.2 Å². The lowest BCUT2D eigenvalue weighted by atomic mass is 10.1. The highest BCUT2D eigenvalue weighted by Gasteiger charge is 2.22. The summed E-state index contributed by atoms with van der Waals surface area (Å²) in [4.78, 5) is 36.1. The number of benzene rings is 2.